The summed E-state index contributed by atoms with van der Waals surface area (Å²) < 4.78 is 43.9. The van der Waals surface area contributed by atoms with E-state index < -0.39 is 22.4 Å². The molecule has 0 aromatic heterocycles. The zero-order chi connectivity index (χ0) is 19.6. The van der Waals surface area contributed by atoms with Crippen LogP contribution in [0.3, 0.4) is 0 Å². The number of alkyl halides is 3. The van der Waals surface area contributed by atoms with Gasteiger partial charge in [0.15, 0.2) is 0 Å². The van der Waals surface area contributed by atoms with Crippen LogP contribution in [0, 0.1) is 10.1 Å². The summed E-state index contributed by atoms with van der Waals surface area (Å²) in [5, 5.41) is 11.3. The highest BCUT2D eigenvalue weighted by Crippen LogP contribution is 2.37. The van der Waals surface area contributed by atoms with Gasteiger partial charge in [0.2, 0.25) is 0 Å². The Kier molecular flexibility index (Phi) is 5.11. The average Bonchev–Trinajstić information content (AvgIpc) is 2.67. The van der Waals surface area contributed by atoms with Crippen LogP contribution in [-0.4, -0.2) is 38.2 Å². The Bertz CT molecular complexity index is 834. The van der Waals surface area contributed by atoms with Crippen LogP contribution < -0.4 is 14.5 Å². The Morgan fingerprint density at radius 1 is 1.00 bits per heavy atom. The third kappa shape index (κ3) is 3.91. The van der Waals surface area contributed by atoms with Crippen LogP contribution in [0.4, 0.5) is 30.2 Å². The van der Waals surface area contributed by atoms with Crippen molar-refractivity contribution in [1.29, 1.82) is 0 Å². The largest absolute Gasteiger partial charge is 0.495 e. The van der Waals surface area contributed by atoms with E-state index in [1.165, 1.54) is 6.07 Å². The first-order valence-corrected chi connectivity index (χ1v) is 8.30. The summed E-state index contributed by atoms with van der Waals surface area (Å²) in [5.41, 5.74) is -0.435. The zero-order valence-electron chi connectivity index (χ0n) is 14.6. The Hall–Kier alpha value is -2.97. The average molecular weight is 381 g/mol. The number of nitro benzene ring substituents is 1. The van der Waals surface area contributed by atoms with Gasteiger partial charge >= 0.3 is 6.18 Å². The fourth-order valence-corrected chi connectivity index (χ4v) is 3.19. The van der Waals surface area contributed by atoms with Gasteiger partial charge in [-0.3, -0.25) is 10.1 Å². The molecule has 144 valence electrons. The number of methoxy groups -OCH3 is 1. The quantitative estimate of drug-likeness (QED) is 0.593. The van der Waals surface area contributed by atoms with Crippen molar-refractivity contribution in [2.24, 2.45) is 0 Å². The SMILES string of the molecule is COc1ccccc1N1CCN(c2ccc(C(F)(F)F)cc2[N+](=O)[O-])CC1. The van der Waals surface area contributed by atoms with Gasteiger partial charge in [-0.1, -0.05) is 12.1 Å². The lowest BCUT2D eigenvalue weighted by molar-refractivity contribution is -0.384. The van der Waals surface area contributed by atoms with Crippen molar-refractivity contribution in [3.63, 3.8) is 0 Å². The van der Waals surface area contributed by atoms with Crippen LogP contribution in [0.15, 0.2) is 42.5 Å². The van der Waals surface area contributed by atoms with Crippen molar-refractivity contribution in [3.8, 4) is 5.75 Å². The molecular formula is C18H18F3N3O3. The molecule has 0 unspecified atom stereocenters. The molecule has 1 aliphatic heterocycles. The number of nitrogens with zero attached hydrogens (tertiary/aromatic N) is 3. The number of anilines is 2. The van der Waals surface area contributed by atoms with E-state index in [0.717, 1.165) is 17.5 Å². The topological polar surface area (TPSA) is 58.8 Å². The van der Waals surface area contributed by atoms with Crippen LogP contribution in [0.5, 0.6) is 5.75 Å². The molecule has 0 atom stereocenters. The maximum absolute atomic E-state index is 12.9. The highest BCUT2D eigenvalue weighted by Gasteiger charge is 2.34. The minimum atomic E-state index is -4.62. The number of benzene rings is 2. The number of rotatable bonds is 4. The Morgan fingerprint density at radius 3 is 2.15 bits per heavy atom. The molecule has 3 rings (SSSR count). The monoisotopic (exact) mass is 381 g/mol. The standard InChI is InChI=1S/C18H18F3N3O3/c1-27-17-5-3-2-4-15(17)23-10-8-22(9-11-23)14-7-6-13(18(19,20)21)12-16(14)24(25)26/h2-7,12H,8-11H2,1H3. The first-order valence-electron chi connectivity index (χ1n) is 8.30. The van der Waals surface area contributed by atoms with Crippen molar-refractivity contribution < 1.29 is 22.8 Å². The van der Waals surface area contributed by atoms with Crippen LogP contribution in [0.1, 0.15) is 5.56 Å². The van der Waals surface area contributed by atoms with E-state index in [2.05, 4.69) is 4.90 Å². The number of hydrogen-bond acceptors (Lipinski definition) is 5. The van der Waals surface area contributed by atoms with Crippen LogP contribution in [0.25, 0.3) is 0 Å². The van der Waals surface area contributed by atoms with Crippen molar-refractivity contribution in [2.45, 2.75) is 6.18 Å². The van der Waals surface area contributed by atoms with Gasteiger partial charge in [-0.25, -0.2) is 0 Å². The van der Waals surface area contributed by atoms with Crippen LogP contribution in [0.2, 0.25) is 0 Å². The Balaban J connectivity index is 1.81. The van der Waals surface area contributed by atoms with Gasteiger partial charge in [-0.15, -0.1) is 0 Å². The van der Waals surface area contributed by atoms with E-state index >= 15 is 0 Å². The van der Waals surface area contributed by atoms with Crippen molar-refractivity contribution in [3.05, 3.63) is 58.1 Å². The van der Waals surface area contributed by atoms with E-state index in [1.807, 2.05) is 24.3 Å². The molecule has 0 spiro atoms. The number of halogens is 3. The first-order chi connectivity index (χ1) is 12.8. The van der Waals surface area contributed by atoms with E-state index in [4.69, 9.17) is 4.74 Å². The lowest BCUT2D eigenvalue weighted by Gasteiger charge is -2.37. The van der Waals surface area contributed by atoms with Crippen LogP contribution in [-0.2, 0) is 6.18 Å². The van der Waals surface area contributed by atoms with Gasteiger partial charge in [0.1, 0.15) is 11.4 Å². The lowest BCUT2D eigenvalue weighted by Crippen LogP contribution is -2.46. The molecule has 1 saturated heterocycles. The highest BCUT2D eigenvalue weighted by molar-refractivity contribution is 5.66. The molecule has 1 fully saturated rings. The maximum atomic E-state index is 12.9. The van der Waals surface area contributed by atoms with Gasteiger partial charge in [0.05, 0.1) is 23.3 Å². The number of piperazine rings is 1. The van der Waals surface area contributed by atoms with E-state index in [1.54, 1.807) is 12.0 Å². The van der Waals surface area contributed by atoms with Crippen LogP contribution >= 0.6 is 0 Å². The lowest BCUT2D eigenvalue weighted by atomic mass is 10.1. The molecule has 0 saturated carbocycles. The zero-order valence-corrected chi connectivity index (χ0v) is 14.6. The second kappa shape index (κ2) is 7.34. The number of hydrogen-bond donors (Lipinski definition) is 0. The first kappa shape index (κ1) is 18.8. The number of para-hydroxylation sites is 2. The summed E-state index contributed by atoms with van der Waals surface area (Å²) in [4.78, 5) is 14.4. The number of ether oxygens (including phenoxy) is 1. The molecule has 1 heterocycles. The smallest absolute Gasteiger partial charge is 0.416 e. The molecule has 0 bridgehead atoms. The number of nitro groups is 1. The molecule has 1 aliphatic rings. The van der Waals surface area contributed by atoms with Gasteiger partial charge < -0.3 is 14.5 Å². The molecule has 2 aromatic carbocycles. The van der Waals surface area contributed by atoms with Crippen molar-refractivity contribution in [1.82, 2.24) is 0 Å². The van der Waals surface area contributed by atoms with Crippen molar-refractivity contribution in [2.75, 3.05) is 43.1 Å². The summed E-state index contributed by atoms with van der Waals surface area (Å²) in [5.74, 6) is 0.728. The molecule has 9 heteroatoms. The van der Waals surface area contributed by atoms with Gasteiger partial charge in [-0.2, -0.15) is 13.2 Å². The second-order valence-electron chi connectivity index (χ2n) is 6.10. The van der Waals surface area contributed by atoms with Gasteiger partial charge in [-0.05, 0) is 24.3 Å². The predicted octanol–water partition coefficient (Wildman–Crippen LogP) is 3.95. The molecule has 27 heavy (non-hydrogen) atoms. The second-order valence-corrected chi connectivity index (χ2v) is 6.10. The minimum Gasteiger partial charge on any atom is -0.495 e. The fourth-order valence-electron chi connectivity index (χ4n) is 3.19. The Morgan fingerprint density at radius 2 is 1.59 bits per heavy atom. The summed E-state index contributed by atoms with van der Waals surface area (Å²) in [6.45, 7) is 2.03. The molecular weight excluding hydrogens is 363 g/mol. The molecule has 2 aromatic rings. The van der Waals surface area contributed by atoms with E-state index in [9.17, 15) is 23.3 Å². The third-order valence-corrected chi connectivity index (χ3v) is 4.55. The normalized spacial score (nSPS) is 15.0. The highest BCUT2D eigenvalue weighted by atomic mass is 19.4. The van der Waals surface area contributed by atoms with Crippen molar-refractivity contribution >= 4 is 17.1 Å². The minimum absolute atomic E-state index is 0.202. The molecule has 0 amide bonds. The van der Waals surface area contributed by atoms with E-state index in [0.29, 0.717) is 32.2 Å². The Labute approximate surface area is 153 Å². The summed E-state index contributed by atoms with van der Waals surface area (Å²) in [6, 6.07) is 10.2. The maximum Gasteiger partial charge on any atom is 0.416 e. The van der Waals surface area contributed by atoms with E-state index in [-0.39, 0.29) is 5.69 Å². The molecule has 0 aliphatic carbocycles. The molecule has 0 radical (unpaired) electrons. The predicted molar refractivity (Wildman–Crippen MR) is 95.5 cm³/mol. The third-order valence-electron chi connectivity index (χ3n) is 4.55. The van der Waals surface area contributed by atoms with Gasteiger partial charge in [0.25, 0.3) is 5.69 Å². The fraction of sp³-hybridized carbons (Fsp3) is 0.333. The molecule has 6 nitrogen and oxygen atoms in total. The molecule has 0 N–H and O–H groups in total. The van der Waals surface area contributed by atoms with Gasteiger partial charge in [0, 0.05) is 32.2 Å². The summed E-state index contributed by atoms with van der Waals surface area (Å²) in [7, 11) is 1.58. The summed E-state index contributed by atoms with van der Waals surface area (Å²) >= 11 is 0. The summed E-state index contributed by atoms with van der Waals surface area (Å²) in [6.07, 6.45) is -4.62.